The number of hydrogen-bond acceptors (Lipinski definition) is 2. The van der Waals surface area contributed by atoms with Crippen LogP contribution >= 0.6 is 11.6 Å². The molecule has 0 unspecified atom stereocenters. The zero-order chi connectivity index (χ0) is 14.1. The largest absolute Gasteiger partial charge is 0.327 e. The summed E-state index contributed by atoms with van der Waals surface area (Å²) in [6.07, 6.45) is 0. The highest BCUT2D eigenvalue weighted by molar-refractivity contribution is 6.31. The summed E-state index contributed by atoms with van der Waals surface area (Å²) in [7, 11) is 0. The van der Waals surface area contributed by atoms with Gasteiger partial charge < -0.3 is 4.57 Å². The van der Waals surface area contributed by atoms with Crippen LogP contribution in [-0.2, 0) is 6.54 Å². The van der Waals surface area contributed by atoms with Crippen LogP contribution in [0, 0.1) is 10.1 Å². The zero-order valence-corrected chi connectivity index (χ0v) is 11.2. The minimum Gasteiger partial charge on any atom is -0.327 e. The van der Waals surface area contributed by atoms with Crippen LogP contribution in [0.1, 0.15) is 5.56 Å². The van der Waals surface area contributed by atoms with Gasteiger partial charge in [0.2, 0.25) is 0 Å². The van der Waals surface area contributed by atoms with E-state index >= 15 is 0 Å². The molecule has 4 nitrogen and oxygen atoms in total. The average molecular weight is 287 g/mol. The van der Waals surface area contributed by atoms with Crippen molar-refractivity contribution in [2.45, 2.75) is 6.54 Å². The Morgan fingerprint density at radius 2 is 1.85 bits per heavy atom. The molecule has 0 aliphatic heterocycles. The van der Waals surface area contributed by atoms with Crippen molar-refractivity contribution in [2.24, 2.45) is 0 Å². The number of nitrogens with zero attached hydrogens (tertiary/aromatic N) is 2. The Labute approximate surface area is 120 Å². The first kappa shape index (κ1) is 12.7. The summed E-state index contributed by atoms with van der Waals surface area (Å²) >= 11 is 6.24. The summed E-state index contributed by atoms with van der Waals surface area (Å²) in [5, 5.41) is 12.1. The van der Waals surface area contributed by atoms with Gasteiger partial charge in [0.1, 0.15) is 5.15 Å². The molecule has 0 bridgehead atoms. The number of non-ortho nitro benzene ring substituents is 1. The van der Waals surface area contributed by atoms with Gasteiger partial charge in [-0.15, -0.1) is 0 Å². The van der Waals surface area contributed by atoms with Crippen LogP contribution in [-0.4, -0.2) is 9.49 Å². The van der Waals surface area contributed by atoms with Crippen molar-refractivity contribution < 1.29 is 4.92 Å². The third kappa shape index (κ3) is 2.26. The fourth-order valence-corrected chi connectivity index (χ4v) is 2.53. The molecule has 0 fully saturated rings. The van der Waals surface area contributed by atoms with Crippen LogP contribution in [0.2, 0.25) is 5.15 Å². The monoisotopic (exact) mass is 286 g/mol. The lowest BCUT2D eigenvalue weighted by molar-refractivity contribution is -0.384. The first-order chi connectivity index (χ1) is 9.65. The van der Waals surface area contributed by atoms with Crippen molar-refractivity contribution in [3.8, 4) is 0 Å². The fraction of sp³-hybridized carbons (Fsp3) is 0.0667. The Morgan fingerprint density at radius 1 is 1.10 bits per heavy atom. The van der Waals surface area contributed by atoms with Gasteiger partial charge in [-0.3, -0.25) is 10.1 Å². The summed E-state index contributed by atoms with van der Waals surface area (Å²) in [5.74, 6) is 0. The molecule has 3 rings (SSSR count). The molecule has 1 heterocycles. The van der Waals surface area contributed by atoms with Crippen LogP contribution in [0.25, 0.3) is 10.9 Å². The van der Waals surface area contributed by atoms with E-state index in [4.69, 9.17) is 11.6 Å². The maximum atomic E-state index is 10.8. The van der Waals surface area contributed by atoms with Crippen LogP contribution in [0.3, 0.4) is 0 Å². The molecule has 0 radical (unpaired) electrons. The normalized spacial score (nSPS) is 10.8. The van der Waals surface area contributed by atoms with Gasteiger partial charge in [-0.25, -0.2) is 0 Å². The zero-order valence-electron chi connectivity index (χ0n) is 10.5. The predicted molar refractivity (Wildman–Crippen MR) is 79.1 cm³/mol. The summed E-state index contributed by atoms with van der Waals surface area (Å²) in [5.41, 5.74) is 2.10. The fourth-order valence-electron chi connectivity index (χ4n) is 2.26. The minimum atomic E-state index is -0.401. The Morgan fingerprint density at radius 3 is 2.55 bits per heavy atom. The second-order valence-electron chi connectivity index (χ2n) is 4.54. The lowest BCUT2D eigenvalue weighted by Crippen LogP contribution is -1.99. The summed E-state index contributed by atoms with van der Waals surface area (Å²) in [6, 6.07) is 16.5. The minimum absolute atomic E-state index is 0.0750. The average Bonchev–Trinajstić information content (AvgIpc) is 2.75. The second kappa shape index (κ2) is 4.98. The number of nitro benzene ring substituents is 1. The first-order valence-corrected chi connectivity index (χ1v) is 6.50. The molecule has 0 aliphatic carbocycles. The molecule has 5 heteroatoms. The van der Waals surface area contributed by atoms with Gasteiger partial charge in [-0.05, 0) is 17.7 Å². The van der Waals surface area contributed by atoms with Gasteiger partial charge in [0, 0.05) is 24.1 Å². The highest BCUT2D eigenvalue weighted by atomic mass is 35.5. The molecule has 0 aliphatic rings. The van der Waals surface area contributed by atoms with E-state index in [1.54, 1.807) is 18.2 Å². The SMILES string of the molecule is O=[N+]([O-])c1ccc2c(c1)cc(Cl)n2Cc1ccccc1. The smallest absolute Gasteiger partial charge is 0.270 e. The Balaban J connectivity index is 2.07. The summed E-state index contributed by atoms with van der Waals surface area (Å²) in [4.78, 5) is 10.4. The standard InChI is InChI=1S/C15H11ClN2O2/c16-15-9-12-8-13(18(19)20)6-7-14(12)17(15)10-11-4-2-1-3-5-11/h1-9H,10H2. The maximum absolute atomic E-state index is 10.8. The highest BCUT2D eigenvalue weighted by Crippen LogP contribution is 2.28. The van der Waals surface area contributed by atoms with Gasteiger partial charge in [0.25, 0.3) is 5.69 Å². The lowest BCUT2D eigenvalue weighted by Gasteiger charge is -2.07. The molecule has 0 saturated carbocycles. The van der Waals surface area contributed by atoms with Crippen molar-refractivity contribution in [1.82, 2.24) is 4.57 Å². The molecule has 0 N–H and O–H groups in total. The van der Waals surface area contributed by atoms with Crippen molar-refractivity contribution in [3.05, 3.63) is 75.4 Å². The molecule has 0 amide bonds. The maximum Gasteiger partial charge on any atom is 0.270 e. The number of benzene rings is 2. The number of nitro groups is 1. The van der Waals surface area contributed by atoms with Gasteiger partial charge in [0.05, 0.1) is 10.4 Å². The predicted octanol–water partition coefficient (Wildman–Crippen LogP) is 4.25. The number of halogens is 1. The second-order valence-corrected chi connectivity index (χ2v) is 4.93. The molecule has 0 saturated heterocycles. The van der Waals surface area contributed by atoms with Crippen LogP contribution in [0.15, 0.2) is 54.6 Å². The molecule has 20 heavy (non-hydrogen) atoms. The van der Waals surface area contributed by atoms with Gasteiger partial charge >= 0.3 is 0 Å². The van der Waals surface area contributed by atoms with Gasteiger partial charge in [0.15, 0.2) is 0 Å². The lowest BCUT2D eigenvalue weighted by atomic mass is 10.2. The van der Waals surface area contributed by atoms with E-state index in [0.717, 1.165) is 16.5 Å². The molecular weight excluding hydrogens is 276 g/mol. The van der Waals surface area contributed by atoms with Gasteiger partial charge in [-0.2, -0.15) is 0 Å². The van der Waals surface area contributed by atoms with Gasteiger partial charge in [-0.1, -0.05) is 41.9 Å². The summed E-state index contributed by atoms with van der Waals surface area (Å²) < 4.78 is 1.94. The van der Waals surface area contributed by atoms with E-state index in [1.165, 1.54) is 6.07 Å². The number of aromatic nitrogens is 1. The molecule has 0 atom stereocenters. The molecule has 0 spiro atoms. The number of rotatable bonds is 3. The van der Waals surface area contributed by atoms with Crippen molar-refractivity contribution in [3.63, 3.8) is 0 Å². The Kier molecular flexibility index (Phi) is 3.16. The molecule has 3 aromatic rings. The van der Waals surface area contributed by atoms with E-state index in [-0.39, 0.29) is 5.69 Å². The first-order valence-electron chi connectivity index (χ1n) is 6.12. The quantitative estimate of drug-likeness (QED) is 0.534. The molecule has 100 valence electrons. The van der Waals surface area contributed by atoms with Crippen LogP contribution < -0.4 is 0 Å². The van der Waals surface area contributed by atoms with Crippen LogP contribution in [0.5, 0.6) is 0 Å². The van der Waals surface area contributed by atoms with Crippen molar-refractivity contribution >= 4 is 28.2 Å². The van der Waals surface area contributed by atoms with Crippen LogP contribution in [0.4, 0.5) is 5.69 Å². The number of hydrogen-bond donors (Lipinski definition) is 0. The molecule has 2 aromatic carbocycles. The number of fused-ring (bicyclic) bond motifs is 1. The van der Waals surface area contributed by atoms with E-state index in [9.17, 15) is 10.1 Å². The van der Waals surface area contributed by atoms with Crippen molar-refractivity contribution in [2.75, 3.05) is 0 Å². The van der Waals surface area contributed by atoms with E-state index < -0.39 is 4.92 Å². The topological polar surface area (TPSA) is 48.1 Å². The van der Waals surface area contributed by atoms with E-state index in [1.807, 2.05) is 34.9 Å². The Bertz CT molecular complexity index is 781. The van der Waals surface area contributed by atoms with E-state index in [2.05, 4.69) is 0 Å². The summed E-state index contributed by atoms with van der Waals surface area (Å²) in [6.45, 7) is 0.640. The molecule has 1 aromatic heterocycles. The Hall–Kier alpha value is -2.33. The molecular formula is C15H11ClN2O2. The van der Waals surface area contributed by atoms with Crippen molar-refractivity contribution in [1.29, 1.82) is 0 Å². The van der Waals surface area contributed by atoms with E-state index in [0.29, 0.717) is 11.7 Å². The third-order valence-corrected chi connectivity index (χ3v) is 3.54. The third-order valence-electron chi connectivity index (χ3n) is 3.23. The highest BCUT2D eigenvalue weighted by Gasteiger charge is 2.12.